The van der Waals surface area contributed by atoms with Gasteiger partial charge in [-0.2, -0.15) is 0 Å². The quantitative estimate of drug-likeness (QED) is 0.939. The van der Waals surface area contributed by atoms with E-state index in [9.17, 15) is 4.79 Å². The molecule has 0 unspecified atom stereocenters. The van der Waals surface area contributed by atoms with Gasteiger partial charge in [0.25, 0.3) is 0 Å². The molecule has 7 nitrogen and oxygen atoms in total. The summed E-state index contributed by atoms with van der Waals surface area (Å²) >= 11 is 0. The van der Waals surface area contributed by atoms with Crippen LogP contribution in [0.1, 0.15) is 19.8 Å². The summed E-state index contributed by atoms with van der Waals surface area (Å²) < 4.78 is 5.06. The molecule has 1 aliphatic rings. The Labute approximate surface area is 129 Å². The van der Waals surface area contributed by atoms with Gasteiger partial charge in [0.1, 0.15) is 17.8 Å². The molecular weight excluding hydrogens is 282 g/mol. The summed E-state index contributed by atoms with van der Waals surface area (Å²) in [7, 11) is 2.06. The zero-order valence-corrected chi connectivity index (χ0v) is 13.0. The number of rotatable bonds is 3. The lowest BCUT2D eigenvalue weighted by molar-refractivity contribution is 0.0971. The van der Waals surface area contributed by atoms with E-state index in [4.69, 9.17) is 4.74 Å². The van der Waals surface area contributed by atoms with E-state index in [2.05, 4.69) is 26.9 Å². The molecule has 0 spiro atoms. The lowest BCUT2D eigenvalue weighted by Gasteiger charge is -2.36. The third-order valence-electron chi connectivity index (χ3n) is 4.21. The largest absolute Gasteiger partial charge is 0.450 e. The number of likely N-dealkylation sites (tertiary alicyclic amines) is 1. The minimum atomic E-state index is -0.210. The molecule has 22 heavy (non-hydrogen) atoms. The van der Waals surface area contributed by atoms with Crippen molar-refractivity contribution >= 4 is 22.9 Å². The van der Waals surface area contributed by atoms with Crippen molar-refractivity contribution in [3.63, 3.8) is 0 Å². The van der Waals surface area contributed by atoms with Gasteiger partial charge in [-0.15, -0.1) is 0 Å². The fourth-order valence-corrected chi connectivity index (χ4v) is 2.96. The molecule has 3 rings (SSSR count). The number of carbonyl (C=O) groups is 1. The predicted molar refractivity (Wildman–Crippen MR) is 83.9 cm³/mol. The topological polar surface area (TPSA) is 74.3 Å². The Morgan fingerprint density at radius 2 is 2.23 bits per heavy atom. The molecule has 0 aliphatic carbocycles. The summed E-state index contributed by atoms with van der Waals surface area (Å²) in [6.07, 6.45) is 5.06. The molecule has 2 aromatic heterocycles. The molecule has 0 aromatic carbocycles. The predicted octanol–water partition coefficient (Wildman–Crippen LogP) is 2.01. The highest BCUT2D eigenvalue weighted by molar-refractivity contribution is 5.87. The van der Waals surface area contributed by atoms with Crippen LogP contribution in [0, 0.1) is 0 Å². The molecule has 0 bridgehead atoms. The van der Waals surface area contributed by atoms with Crippen LogP contribution < -0.4 is 4.90 Å². The van der Waals surface area contributed by atoms with E-state index in [1.165, 1.54) is 0 Å². The number of carbonyl (C=O) groups excluding carboxylic acids is 1. The first kappa shape index (κ1) is 14.6. The second-order valence-electron chi connectivity index (χ2n) is 5.47. The molecule has 7 heteroatoms. The Morgan fingerprint density at radius 3 is 2.95 bits per heavy atom. The number of nitrogens with zero attached hydrogens (tertiary/aromatic N) is 4. The highest BCUT2D eigenvalue weighted by Crippen LogP contribution is 2.26. The van der Waals surface area contributed by atoms with Crippen LogP contribution in [0.3, 0.4) is 0 Å². The van der Waals surface area contributed by atoms with E-state index in [1.54, 1.807) is 11.2 Å². The standard InChI is InChI=1S/C15H21N5O2/c1-3-22-15(21)20-8-5-11(6-9-20)19(2)14-12-4-7-16-13(12)17-10-18-14/h4,7,10-11H,3,5-6,8-9H2,1-2H3,(H,16,17,18). The Hall–Kier alpha value is -2.31. The Bertz CT molecular complexity index is 648. The number of amides is 1. The van der Waals surface area contributed by atoms with Crippen LogP contribution in [-0.4, -0.2) is 58.7 Å². The SMILES string of the molecule is CCOC(=O)N1CCC(N(C)c2ncnc3[nH]ccc23)CC1. The molecule has 0 saturated carbocycles. The van der Waals surface area contributed by atoms with Crippen molar-refractivity contribution in [2.45, 2.75) is 25.8 Å². The van der Waals surface area contributed by atoms with Crippen LogP contribution >= 0.6 is 0 Å². The van der Waals surface area contributed by atoms with E-state index in [0.717, 1.165) is 42.8 Å². The van der Waals surface area contributed by atoms with Crippen molar-refractivity contribution in [2.75, 3.05) is 31.6 Å². The number of anilines is 1. The summed E-state index contributed by atoms with van der Waals surface area (Å²) in [6.45, 7) is 3.69. The van der Waals surface area contributed by atoms with Crippen molar-refractivity contribution in [1.29, 1.82) is 0 Å². The summed E-state index contributed by atoms with van der Waals surface area (Å²) in [5, 5.41) is 1.03. The number of nitrogens with one attached hydrogen (secondary N) is 1. The number of hydrogen-bond donors (Lipinski definition) is 1. The van der Waals surface area contributed by atoms with E-state index in [-0.39, 0.29) is 6.09 Å². The van der Waals surface area contributed by atoms with Gasteiger partial charge in [-0.25, -0.2) is 14.8 Å². The highest BCUT2D eigenvalue weighted by atomic mass is 16.6. The second kappa shape index (κ2) is 6.21. The van der Waals surface area contributed by atoms with Gasteiger partial charge in [-0.3, -0.25) is 0 Å². The first-order valence-electron chi connectivity index (χ1n) is 7.63. The van der Waals surface area contributed by atoms with Gasteiger partial charge in [0, 0.05) is 32.4 Å². The molecule has 0 radical (unpaired) electrons. The lowest BCUT2D eigenvalue weighted by Crippen LogP contribution is -2.46. The Morgan fingerprint density at radius 1 is 1.45 bits per heavy atom. The van der Waals surface area contributed by atoms with Crippen LogP contribution in [0.25, 0.3) is 11.0 Å². The molecule has 1 aliphatic heterocycles. The smallest absolute Gasteiger partial charge is 0.409 e. The van der Waals surface area contributed by atoms with Gasteiger partial charge in [0.15, 0.2) is 0 Å². The van der Waals surface area contributed by atoms with Gasteiger partial charge in [0.05, 0.1) is 12.0 Å². The van der Waals surface area contributed by atoms with Gasteiger partial charge in [-0.05, 0) is 25.8 Å². The molecular formula is C15H21N5O2. The van der Waals surface area contributed by atoms with E-state index in [1.807, 2.05) is 19.2 Å². The van der Waals surface area contributed by atoms with Crippen LogP contribution in [0.4, 0.5) is 10.6 Å². The van der Waals surface area contributed by atoms with E-state index >= 15 is 0 Å². The molecule has 1 saturated heterocycles. The van der Waals surface area contributed by atoms with Gasteiger partial charge >= 0.3 is 6.09 Å². The van der Waals surface area contributed by atoms with Gasteiger partial charge < -0.3 is 19.5 Å². The van der Waals surface area contributed by atoms with Crippen molar-refractivity contribution in [1.82, 2.24) is 19.9 Å². The number of aromatic nitrogens is 3. The van der Waals surface area contributed by atoms with Crippen molar-refractivity contribution in [3.8, 4) is 0 Å². The molecule has 0 atom stereocenters. The number of fused-ring (bicyclic) bond motifs is 1. The molecule has 1 fully saturated rings. The number of hydrogen-bond acceptors (Lipinski definition) is 5. The summed E-state index contributed by atoms with van der Waals surface area (Å²) in [5.41, 5.74) is 0.848. The zero-order chi connectivity index (χ0) is 15.5. The molecule has 1 amide bonds. The van der Waals surface area contributed by atoms with E-state index < -0.39 is 0 Å². The fraction of sp³-hybridized carbons (Fsp3) is 0.533. The lowest BCUT2D eigenvalue weighted by atomic mass is 10.0. The van der Waals surface area contributed by atoms with Crippen molar-refractivity contribution in [3.05, 3.63) is 18.6 Å². The fourth-order valence-electron chi connectivity index (χ4n) is 2.96. The Balaban J connectivity index is 1.68. The zero-order valence-electron chi connectivity index (χ0n) is 13.0. The van der Waals surface area contributed by atoms with Crippen LogP contribution in [0.5, 0.6) is 0 Å². The number of piperidine rings is 1. The van der Waals surface area contributed by atoms with Crippen LogP contribution in [0.2, 0.25) is 0 Å². The monoisotopic (exact) mass is 303 g/mol. The number of ether oxygens (including phenoxy) is 1. The molecule has 118 valence electrons. The maximum Gasteiger partial charge on any atom is 0.409 e. The average Bonchev–Trinajstić information content (AvgIpc) is 3.03. The van der Waals surface area contributed by atoms with Crippen molar-refractivity contribution < 1.29 is 9.53 Å². The van der Waals surface area contributed by atoms with Crippen LogP contribution in [0.15, 0.2) is 18.6 Å². The minimum absolute atomic E-state index is 0.210. The first-order chi connectivity index (χ1) is 10.7. The maximum absolute atomic E-state index is 11.8. The number of aromatic amines is 1. The Kier molecular flexibility index (Phi) is 4.13. The second-order valence-corrected chi connectivity index (χ2v) is 5.47. The molecule has 2 aromatic rings. The van der Waals surface area contributed by atoms with Gasteiger partial charge in [0.2, 0.25) is 0 Å². The van der Waals surface area contributed by atoms with Crippen molar-refractivity contribution in [2.24, 2.45) is 0 Å². The van der Waals surface area contributed by atoms with Gasteiger partial charge in [-0.1, -0.05) is 0 Å². The highest BCUT2D eigenvalue weighted by Gasteiger charge is 2.27. The summed E-state index contributed by atoms with van der Waals surface area (Å²) in [6, 6.07) is 2.35. The average molecular weight is 303 g/mol. The maximum atomic E-state index is 11.8. The first-order valence-corrected chi connectivity index (χ1v) is 7.63. The van der Waals surface area contributed by atoms with E-state index in [0.29, 0.717) is 12.6 Å². The summed E-state index contributed by atoms with van der Waals surface area (Å²) in [4.78, 5) is 27.5. The summed E-state index contributed by atoms with van der Waals surface area (Å²) in [5.74, 6) is 0.931. The normalized spacial score (nSPS) is 16.0. The minimum Gasteiger partial charge on any atom is -0.450 e. The van der Waals surface area contributed by atoms with Crippen LogP contribution in [-0.2, 0) is 4.74 Å². The number of H-pyrrole nitrogens is 1. The molecule has 3 heterocycles. The molecule has 1 N–H and O–H groups in total. The third-order valence-corrected chi connectivity index (χ3v) is 4.21. The third kappa shape index (κ3) is 2.70.